The molecule has 0 saturated carbocycles. The van der Waals surface area contributed by atoms with E-state index in [0.717, 1.165) is 28.7 Å². The van der Waals surface area contributed by atoms with Crippen LogP contribution in [0.2, 0.25) is 0 Å². The normalized spacial score (nSPS) is 11.0. The predicted molar refractivity (Wildman–Crippen MR) is 113 cm³/mol. The molecule has 0 radical (unpaired) electrons. The van der Waals surface area contributed by atoms with Gasteiger partial charge in [-0.25, -0.2) is 4.98 Å². The molecule has 136 valence electrons. The number of fused-ring (bicyclic) bond motifs is 1. The molecule has 0 N–H and O–H groups in total. The topological polar surface area (TPSA) is 27.1 Å². The Bertz CT molecular complexity index is 1010. The fourth-order valence-electron chi connectivity index (χ4n) is 3.01. The Balaban J connectivity index is 1.47. The second-order valence-electron chi connectivity index (χ2n) is 6.46. The molecule has 0 aliphatic heterocycles. The van der Waals surface area contributed by atoms with Crippen molar-refractivity contribution in [3.05, 3.63) is 90.0 Å². The van der Waals surface area contributed by atoms with E-state index in [1.54, 1.807) is 11.8 Å². The highest BCUT2D eigenvalue weighted by molar-refractivity contribution is 7.99. The number of thioether (sulfide) groups is 1. The summed E-state index contributed by atoms with van der Waals surface area (Å²) < 4.78 is 8.15. The van der Waals surface area contributed by atoms with E-state index in [4.69, 9.17) is 9.72 Å². The number of hydrogen-bond acceptors (Lipinski definition) is 3. The zero-order valence-corrected chi connectivity index (χ0v) is 16.2. The smallest absolute Gasteiger partial charge is 0.169 e. The molecule has 0 bridgehead atoms. The lowest BCUT2D eigenvalue weighted by Crippen LogP contribution is -2.04. The molecule has 3 aromatic carbocycles. The van der Waals surface area contributed by atoms with Gasteiger partial charge in [0.1, 0.15) is 5.75 Å². The van der Waals surface area contributed by atoms with Gasteiger partial charge in [-0.1, -0.05) is 71.9 Å². The number of aromatic nitrogens is 2. The van der Waals surface area contributed by atoms with Gasteiger partial charge in [-0.2, -0.15) is 0 Å². The number of nitrogens with zero attached hydrogens (tertiary/aromatic N) is 2. The van der Waals surface area contributed by atoms with Crippen molar-refractivity contribution in [1.82, 2.24) is 9.55 Å². The van der Waals surface area contributed by atoms with E-state index in [1.165, 1.54) is 16.6 Å². The van der Waals surface area contributed by atoms with Crippen molar-refractivity contribution in [2.75, 3.05) is 12.4 Å². The Kier molecular flexibility index (Phi) is 5.45. The van der Waals surface area contributed by atoms with E-state index in [-0.39, 0.29) is 0 Å². The molecule has 1 aromatic heterocycles. The molecule has 0 spiro atoms. The maximum atomic E-state index is 5.86. The number of benzene rings is 3. The monoisotopic (exact) mass is 374 g/mol. The Morgan fingerprint density at radius 1 is 0.889 bits per heavy atom. The first kappa shape index (κ1) is 17.7. The molecule has 27 heavy (non-hydrogen) atoms. The zero-order chi connectivity index (χ0) is 18.5. The quantitative estimate of drug-likeness (QED) is 0.313. The minimum atomic E-state index is 0.655. The van der Waals surface area contributed by atoms with E-state index < -0.39 is 0 Å². The third kappa shape index (κ3) is 4.34. The predicted octanol–water partition coefficient (Wildman–Crippen LogP) is 5.56. The second-order valence-corrected chi connectivity index (χ2v) is 7.53. The van der Waals surface area contributed by atoms with Gasteiger partial charge in [0, 0.05) is 5.75 Å². The van der Waals surface area contributed by atoms with Crippen LogP contribution in [0.5, 0.6) is 5.75 Å². The molecule has 0 aliphatic rings. The number of imidazole rings is 1. The van der Waals surface area contributed by atoms with Crippen LogP contribution in [-0.2, 0) is 6.54 Å². The lowest BCUT2D eigenvalue weighted by Gasteiger charge is -2.10. The molecule has 3 nitrogen and oxygen atoms in total. The standard InChI is InChI=1S/C23H22N2OS/c1-18-11-13-20(14-12-18)26-15-16-27-23-24-21-9-5-6-10-22(21)25(23)17-19-7-3-2-4-8-19/h2-14H,15-17H2,1H3. The summed E-state index contributed by atoms with van der Waals surface area (Å²) in [7, 11) is 0. The zero-order valence-electron chi connectivity index (χ0n) is 15.3. The van der Waals surface area contributed by atoms with Crippen molar-refractivity contribution in [1.29, 1.82) is 0 Å². The van der Waals surface area contributed by atoms with Crippen molar-refractivity contribution in [3.63, 3.8) is 0 Å². The van der Waals surface area contributed by atoms with Gasteiger partial charge in [0.15, 0.2) is 5.16 Å². The van der Waals surface area contributed by atoms with E-state index in [1.807, 2.05) is 24.3 Å². The van der Waals surface area contributed by atoms with Gasteiger partial charge in [0.05, 0.1) is 24.2 Å². The summed E-state index contributed by atoms with van der Waals surface area (Å²) in [6.07, 6.45) is 0. The van der Waals surface area contributed by atoms with Crippen LogP contribution in [-0.4, -0.2) is 21.9 Å². The van der Waals surface area contributed by atoms with Crippen molar-refractivity contribution in [2.45, 2.75) is 18.6 Å². The summed E-state index contributed by atoms with van der Waals surface area (Å²) >= 11 is 1.74. The maximum absolute atomic E-state index is 5.86. The molecule has 1 heterocycles. The first-order chi connectivity index (χ1) is 13.3. The van der Waals surface area contributed by atoms with E-state index >= 15 is 0 Å². The summed E-state index contributed by atoms with van der Waals surface area (Å²) in [6.45, 7) is 3.56. The van der Waals surface area contributed by atoms with Crippen LogP contribution in [0, 0.1) is 6.92 Å². The Labute approximate surface area is 164 Å². The Morgan fingerprint density at radius 3 is 2.44 bits per heavy atom. The first-order valence-corrected chi connectivity index (χ1v) is 10.1. The third-order valence-corrected chi connectivity index (χ3v) is 5.35. The van der Waals surface area contributed by atoms with Crippen molar-refractivity contribution < 1.29 is 4.74 Å². The van der Waals surface area contributed by atoms with Crippen LogP contribution in [0.3, 0.4) is 0 Å². The van der Waals surface area contributed by atoms with E-state index in [0.29, 0.717) is 6.61 Å². The average molecular weight is 375 g/mol. The van der Waals surface area contributed by atoms with E-state index in [2.05, 4.69) is 66.1 Å². The van der Waals surface area contributed by atoms with Gasteiger partial charge in [-0.15, -0.1) is 0 Å². The fraction of sp³-hybridized carbons (Fsp3) is 0.174. The SMILES string of the molecule is Cc1ccc(OCCSc2nc3ccccc3n2Cc2ccccc2)cc1. The van der Waals surface area contributed by atoms with E-state index in [9.17, 15) is 0 Å². The molecular weight excluding hydrogens is 352 g/mol. The number of ether oxygens (including phenoxy) is 1. The number of para-hydroxylation sites is 2. The van der Waals surface area contributed by atoms with Crippen LogP contribution < -0.4 is 4.74 Å². The summed E-state index contributed by atoms with van der Waals surface area (Å²) in [5, 5.41) is 1.03. The highest BCUT2D eigenvalue weighted by Gasteiger charge is 2.11. The fourth-order valence-corrected chi connectivity index (χ4v) is 3.84. The first-order valence-electron chi connectivity index (χ1n) is 9.11. The molecule has 0 fully saturated rings. The molecular formula is C23H22N2OS. The Hall–Kier alpha value is -2.72. The second kappa shape index (κ2) is 8.31. The summed E-state index contributed by atoms with van der Waals surface area (Å²) in [6, 6.07) is 27.0. The molecule has 4 heteroatoms. The molecule has 4 rings (SSSR count). The van der Waals surface area contributed by atoms with Crippen LogP contribution >= 0.6 is 11.8 Å². The van der Waals surface area contributed by atoms with Gasteiger partial charge in [0.2, 0.25) is 0 Å². The van der Waals surface area contributed by atoms with Gasteiger partial charge in [0.25, 0.3) is 0 Å². The average Bonchev–Trinajstić information content (AvgIpc) is 3.05. The highest BCUT2D eigenvalue weighted by Crippen LogP contribution is 2.25. The largest absolute Gasteiger partial charge is 0.493 e. The van der Waals surface area contributed by atoms with Crippen LogP contribution in [0.4, 0.5) is 0 Å². The minimum Gasteiger partial charge on any atom is -0.493 e. The maximum Gasteiger partial charge on any atom is 0.169 e. The molecule has 0 amide bonds. The van der Waals surface area contributed by atoms with Crippen LogP contribution in [0.25, 0.3) is 11.0 Å². The Morgan fingerprint density at radius 2 is 1.63 bits per heavy atom. The van der Waals surface area contributed by atoms with Crippen molar-refractivity contribution in [2.24, 2.45) is 0 Å². The molecule has 0 saturated heterocycles. The van der Waals surface area contributed by atoms with Gasteiger partial charge < -0.3 is 9.30 Å². The minimum absolute atomic E-state index is 0.655. The number of aryl methyl sites for hydroxylation is 1. The summed E-state index contributed by atoms with van der Waals surface area (Å²) in [5.74, 6) is 1.77. The lowest BCUT2D eigenvalue weighted by molar-refractivity contribution is 0.344. The van der Waals surface area contributed by atoms with Gasteiger partial charge >= 0.3 is 0 Å². The van der Waals surface area contributed by atoms with Gasteiger partial charge in [-0.3, -0.25) is 0 Å². The van der Waals surface area contributed by atoms with Crippen molar-refractivity contribution in [3.8, 4) is 5.75 Å². The summed E-state index contributed by atoms with van der Waals surface area (Å²) in [5.41, 5.74) is 4.73. The lowest BCUT2D eigenvalue weighted by atomic mass is 10.2. The molecule has 0 aliphatic carbocycles. The number of rotatable bonds is 7. The number of hydrogen-bond donors (Lipinski definition) is 0. The molecule has 0 atom stereocenters. The molecule has 4 aromatic rings. The molecule has 0 unspecified atom stereocenters. The van der Waals surface area contributed by atoms with Crippen molar-refractivity contribution >= 4 is 22.8 Å². The summed E-state index contributed by atoms with van der Waals surface area (Å²) in [4.78, 5) is 4.84. The third-order valence-electron chi connectivity index (χ3n) is 4.41. The van der Waals surface area contributed by atoms with Crippen LogP contribution in [0.1, 0.15) is 11.1 Å². The highest BCUT2D eigenvalue weighted by atomic mass is 32.2. The van der Waals surface area contributed by atoms with Crippen LogP contribution in [0.15, 0.2) is 84.0 Å². The van der Waals surface area contributed by atoms with Gasteiger partial charge in [-0.05, 0) is 36.8 Å².